The zero-order valence-corrected chi connectivity index (χ0v) is 11.2. The number of carbonyl (C=O) groups is 2. The Morgan fingerprint density at radius 1 is 1.30 bits per heavy atom. The Hall–Kier alpha value is -2.48. The first kappa shape index (κ1) is 15.6. The number of nitrogens with zero attached hydrogens (tertiary/aromatic N) is 1. The van der Waals surface area contributed by atoms with E-state index in [2.05, 4.69) is 16.0 Å². The van der Waals surface area contributed by atoms with Crippen molar-refractivity contribution in [1.29, 1.82) is 0 Å². The first-order chi connectivity index (χ1) is 9.43. The third kappa shape index (κ3) is 4.65. The molecule has 0 saturated carbocycles. The highest BCUT2D eigenvalue weighted by Crippen LogP contribution is 2.11. The summed E-state index contributed by atoms with van der Waals surface area (Å²) >= 11 is 0. The van der Waals surface area contributed by atoms with Gasteiger partial charge in [-0.15, -0.1) is 0 Å². The van der Waals surface area contributed by atoms with Crippen LogP contribution in [0.3, 0.4) is 0 Å². The molecule has 0 aromatic heterocycles. The average molecular weight is 280 g/mol. The number of hydrogen-bond donors (Lipinski definition) is 3. The molecule has 1 aromatic rings. The topological polar surface area (TPSA) is 113 Å². The fraction of sp³-hybridized carbons (Fsp3) is 0.333. The van der Waals surface area contributed by atoms with Crippen molar-refractivity contribution in [3.8, 4) is 0 Å². The maximum absolute atomic E-state index is 11.6. The molecular weight excluding hydrogens is 264 g/mol. The molecule has 3 N–H and O–H groups in total. The van der Waals surface area contributed by atoms with Crippen LogP contribution in [0.4, 0.5) is 10.5 Å². The summed E-state index contributed by atoms with van der Waals surface area (Å²) in [6.07, 6.45) is 0. The molecule has 1 unspecified atom stereocenters. The van der Waals surface area contributed by atoms with Crippen LogP contribution in [0.5, 0.6) is 0 Å². The van der Waals surface area contributed by atoms with Crippen LogP contribution in [-0.4, -0.2) is 30.0 Å². The molecule has 0 aliphatic carbocycles. The van der Waals surface area contributed by atoms with Gasteiger partial charge in [0.25, 0.3) is 5.69 Å². The number of hydrogen-bond acceptors (Lipinski definition) is 5. The van der Waals surface area contributed by atoms with Gasteiger partial charge < -0.3 is 10.6 Å². The number of nitro groups is 1. The lowest BCUT2D eigenvalue weighted by atomic mass is 10.2. The van der Waals surface area contributed by atoms with Crippen LogP contribution in [0.25, 0.3) is 0 Å². The molecule has 0 aliphatic rings. The quantitative estimate of drug-likeness (QED) is 0.537. The van der Waals surface area contributed by atoms with E-state index in [9.17, 15) is 19.7 Å². The standard InChI is InChI=1S/C12H16N4O4/c1-8(11(17)15-12(18)13-2)14-7-9-3-5-10(6-4-9)16(19)20/h3-6,8,14H,7H2,1-2H3,(H2,13,15,17,18). The summed E-state index contributed by atoms with van der Waals surface area (Å²) in [4.78, 5) is 32.5. The van der Waals surface area contributed by atoms with Crippen molar-refractivity contribution in [3.63, 3.8) is 0 Å². The fourth-order valence-electron chi connectivity index (χ4n) is 1.38. The van der Waals surface area contributed by atoms with Gasteiger partial charge in [0.05, 0.1) is 11.0 Å². The molecular formula is C12H16N4O4. The monoisotopic (exact) mass is 280 g/mol. The molecule has 0 fully saturated rings. The van der Waals surface area contributed by atoms with Crippen molar-refractivity contribution in [1.82, 2.24) is 16.0 Å². The highest BCUT2D eigenvalue weighted by Gasteiger charge is 2.14. The van der Waals surface area contributed by atoms with Crippen molar-refractivity contribution in [2.24, 2.45) is 0 Å². The molecule has 0 aliphatic heterocycles. The lowest BCUT2D eigenvalue weighted by Gasteiger charge is -2.13. The molecule has 0 spiro atoms. The summed E-state index contributed by atoms with van der Waals surface area (Å²) < 4.78 is 0. The third-order valence-electron chi connectivity index (χ3n) is 2.62. The second kappa shape index (κ2) is 7.19. The fourth-order valence-corrected chi connectivity index (χ4v) is 1.38. The van der Waals surface area contributed by atoms with Crippen LogP contribution in [0.15, 0.2) is 24.3 Å². The number of urea groups is 1. The van der Waals surface area contributed by atoms with E-state index in [4.69, 9.17) is 0 Å². The number of benzene rings is 1. The second-order valence-electron chi connectivity index (χ2n) is 4.09. The predicted molar refractivity (Wildman–Crippen MR) is 72.0 cm³/mol. The molecule has 0 heterocycles. The van der Waals surface area contributed by atoms with E-state index in [-0.39, 0.29) is 5.69 Å². The molecule has 0 radical (unpaired) electrons. The number of imide groups is 1. The second-order valence-corrected chi connectivity index (χ2v) is 4.09. The number of nitrogens with one attached hydrogen (secondary N) is 3. The van der Waals surface area contributed by atoms with E-state index in [0.717, 1.165) is 5.56 Å². The highest BCUT2D eigenvalue weighted by atomic mass is 16.6. The Morgan fingerprint density at radius 3 is 2.40 bits per heavy atom. The molecule has 20 heavy (non-hydrogen) atoms. The van der Waals surface area contributed by atoms with E-state index >= 15 is 0 Å². The van der Waals surface area contributed by atoms with Crippen LogP contribution in [-0.2, 0) is 11.3 Å². The Kier molecular flexibility index (Phi) is 5.60. The zero-order chi connectivity index (χ0) is 15.1. The van der Waals surface area contributed by atoms with Crippen molar-refractivity contribution in [3.05, 3.63) is 39.9 Å². The summed E-state index contributed by atoms with van der Waals surface area (Å²) in [5.41, 5.74) is 0.814. The van der Waals surface area contributed by atoms with Crippen LogP contribution < -0.4 is 16.0 Å². The van der Waals surface area contributed by atoms with Crippen molar-refractivity contribution in [2.45, 2.75) is 19.5 Å². The summed E-state index contributed by atoms with van der Waals surface area (Å²) in [6.45, 7) is 1.98. The number of nitro benzene ring substituents is 1. The molecule has 1 aromatic carbocycles. The van der Waals surface area contributed by atoms with Gasteiger partial charge in [0.2, 0.25) is 5.91 Å². The Morgan fingerprint density at radius 2 is 1.90 bits per heavy atom. The van der Waals surface area contributed by atoms with E-state index in [0.29, 0.717) is 6.54 Å². The van der Waals surface area contributed by atoms with Crippen LogP contribution in [0.2, 0.25) is 0 Å². The maximum atomic E-state index is 11.6. The van der Waals surface area contributed by atoms with Crippen LogP contribution in [0.1, 0.15) is 12.5 Å². The average Bonchev–Trinajstić information content (AvgIpc) is 2.44. The van der Waals surface area contributed by atoms with E-state index in [1.807, 2.05) is 0 Å². The van der Waals surface area contributed by atoms with Gasteiger partial charge >= 0.3 is 6.03 Å². The van der Waals surface area contributed by atoms with E-state index < -0.39 is 22.9 Å². The summed E-state index contributed by atoms with van der Waals surface area (Å²) in [7, 11) is 1.41. The SMILES string of the molecule is CNC(=O)NC(=O)C(C)NCc1ccc([N+](=O)[O-])cc1. The van der Waals surface area contributed by atoms with Gasteiger partial charge in [-0.1, -0.05) is 12.1 Å². The smallest absolute Gasteiger partial charge is 0.321 e. The third-order valence-corrected chi connectivity index (χ3v) is 2.62. The normalized spacial score (nSPS) is 11.5. The molecule has 3 amide bonds. The summed E-state index contributed by atoms with van der Waals surface area (Å²) in [5.74, 6) is -0.453. The number of rotatable bonds is 5. The Balaban J connectivity index is 2.48. The van der Waals surface area contributed by atoms with Gasteiger partial charge in [-0.25, -0.2) is 4.79 Å². The number of amides is 3. The maximum Gasteiger partial charge on any atom is 0.321 e. The van der Waals surface area contributed by atoms with Gasteiger partial charge in [0.15, 0.2) is 0 Å². The van der Waals surface area contributed by atoms with Gasteiger partial charge in [0.1, 0.15) is 0 Å². The van der Waals surface area contributed by atoms with Gasteiger partial charge in [-0.05, 0) is 12.5 Å². The molecule has 8 nitrogen and oxygen atoms in total. The molecule has 8 heteroatoms. The number of non-ortho nitro benzene ring substituents is 1. The lowest BCUT2D eigenvalue weighted by molar-refractivity contribution is -0.384. The minimum absolute atomic E-state index is 0.0131. The van der Waals surface area contributed by atoms with E-state index in [1.165, 1.54) is 19.2 Å². The van der Waals surface area contributed by atoms with Crippen molar-refractivity contribution >= 4 is 17.6 Å². The van der Waals surface area contributed by atoms with Gasteiger partial charge in [0, 0.05) is 25.7 Å². The predicted octanol–water partition coefficient (Wildman–Crippen LogP) is 0.528. The van der Waals surface area contributed by atoms with E-state index in [1.54, 1.807) is 19.1 Å². The first-order valence-corrected chi connectivity index (χ1v) is 5.93. The molecule has 0 bridgehead atoms. The molecule has 1 atom stereocenters. The number of carbonyl (C=O) groups excluding carboxylic acids is 2. The first-order valence-electron chi connectivity index (χ1n) is 5.93. The molecule has 0 saturated heterocycles. The minimum atomic E-state index is -0.570. The van der Waals surface area contributed by atoms with Crippen molar-refractivity contribution < 1.29 is 14.5 Å². The summed E-state index contributed by atoms with van der Waals surface area (Å²) in [6, 6.07) is 4.86. The highest BCUT2D eigenvalue weighted by molar-refractivity contribution is 5.96. The molecule has 1 rings (SSSR count). The largest absolute Gasteiger partial charge is 0.341 e. The zero-order valence-electron chi connectivity index (χ0n) is 11.2. The lowest BCUT2D eigenvalue weighted by Crippen LogP contribution is -2.47. The van der Waals surface area contributed by atoms with Crippen molar-refractivity contribution in [2.75, 3.05) is 7.05 Å². The van der Waals surface area contributed by atoms with Gasteiger partial charge in [-0.2, -0.15) is 0 Å². The van der Waals surface area contributed by atoms with Gasteiger partial charge in [-0.3, -0.25) is 20.2 Å². The minimum Gasteiger partial charge on any atom is -0.341 e. The molecule has 108 valence electrons. The summed E-state index contributed by atoms with van der Waals surface area (Å²) in [5, 5.41) is 17.8. The Bertz CT molecular complexity index is 501. The Labute approximate surface area is 115 Å². The van der Waals surface area contributed by atoms with Crippen LogP contribution >= 0.6 is 0 Å². The van der Waals surface area contributed by atoms with Crippen LogP contribution in [0, 0.1) is 10.1 Å².